The molecule has 0 spiro atoms. The van der Waals surface area contributed by atoms with Crippen LogP contribution in [0.2, 0.25) is 0 Å². The van der Waals surface area contributed by atoms with E-state index in [1.54, 1.807) is 0 Å². The van der Waals surface area contributed by atoms with Crippen molar-refractivity contribution in [2.45, 2.75) is 65.5 Å². The molecule has 0 atom stereocenters. The summed E-state index contributed by atoms with van der Waals surface area (Å²) >= 11 is 0. The maximum atomic E-state index is 11.7. The molecule has 2 rings (SSSR count). The highest BCUT2D eigenvalue weighted by atomic mass is 16.6. The lowest BCUT2D eigenvalue weighted by atomic mass is 9.82. The van der Waals surface area contributed by atoms with Crippen molar-refractivity contribution in [2.24, 2.45) is 0 Å². The third-order valence-electron chi connectivity index (χ3n) is 4.63. The minimum absolute atomic E-state index is 0.196. The van der Waals surface area contributed by atoms with E-state index in [1.807, 2.05) is 45.0 Å². The quantitative estimate of drug-likeness (QED) is 0.643. The van der Waals surface area contributed by atoms with Crippen LogP contribution in [0.3, 0.4) is 0 Å². The SMILES string of the molecule is CCC(C)(C)c1ccc(Nc2ccc(CNC(=O)OC(C)(C)C)cc2)cc1. The van der Waals surface area contributed by atoms with E-state index in [9.17, 15) is 4.79 Å². The fourth-order valence-corrected chi connectivity index (χ4v) is 2.57. The molecule has 4 heteroatoms. The van der Waals surface area contributed by atoms with Crippen molar-refractivity contribution in [3.8, 4) is 0 Å². The summed E-state index contributed by atoms with van der Waals surface area (Å²) in [6.07, 6.45) is 0.707. The Balaban J connectivity index is 1.91. The van der Waals surface area contributed by atoms with E-state index < -0.39 is 11.7 Å². The number of rotatable bonds is 6. The van der Waals surface area contributed by atoms with Crippen LogP contribution in [0, 0.1) is 0 Å². The highest BCUT2D eigenvalue weighted by Gasteiger charge is 2.17. The van der Waals surface area contributed by atoms with Gasteiger partial charge in [-0.1, -0.05) is 45.0 Å². The normalized spacial score (nSPS) is 11.8. The van der Waals surface area contributed by atoms with Gasteiger partial charge in [0.2, 0.25) is 0 Å². The Morgan fingerprint density at radius 2 is 1.41 bits per heavy atom. The predicted molar refractivity (Wildman–Crippen MR) is 113 cm³/mol. The maximum absolute atomic E-state index is 11.7. The lowest BCUT2D eigenvalue weighted by molar-refractivity contribution is 0.0523. The minimum Gasteiger partial charge on any atom is -0.444 e. The molecule has 27 heavy (non-hydrogen) atoms. The molecular formula is C23H32N2O2. The molecule has 2 N–H and O–H groups in total. The molecule has 0 fully saturated rings. The van der Waals surface area contributed by atoms with Gasteiger partial charge in [-0.05, 0) is 68.0 Å². The van der Waals surface area contributed by atoms with Gasteiger partial charge in [0.25, 0.3) is 0 Å². The number of benzene rings is 2. The molecule has 1 amide bonds. The zero-order valence-electron chi connectivity index (χ0n) is 17.3. The molecule has 0 aliphatic heterocycles. The van der Waals surface area contributed by atoms with E-state index in [0.29, 0.717) is 6.54 Å². The van der Waals surface area contributed by atoms with Gasteiger partial charge in [0.1, 0.15) is 5.60 Å². The number of amides is 1. The Morgan fingerprint density at radius 3 is 1.89 bits per heavy atom. The Labute approximate surface area is 163 Å². The summed E-state index contributed by atoms with van der Waals surface area (Å²) in [6.45, 7) is 12.7. The molecule has 0 aliphatic carbocycles. The third-order valence-corrected chi connectivity index (χ3v) is 4.63. The molecule has 0 aromatic heterocycles. The van der Waals surface area contributed by atoms with Crippen LogP contribution in [0.1, 0.15) is 59.1 Å². The van der Waals surface area contributed by atoms with E-state index >= 15 is 0 Å². The van der Waals surface area contributed by atoms with E-state index in [4.69, 9.17) is 4.74 Å². The van der Waals surface area contributed by atoms with Crippen molar-refractivity contribution in [2.75, 3.05) is 5.32 Å². The molecule has 0 bridgehead atoms. The van der Waals surface area contributed by atoms with Crippen LogP contribution in [0.15, 0.2) is 48.5 Å². The van der Waals surface area contributed by atoms with E-state index in [0.717, 1.165) is 23.4 Å². The minimum atomic E-state index is -0.486. The number of carbonyl (C=O) groups excluding carboxylic acids is 1. The summed E-state index contributed by atoms with van der Waals surface area (Å²) in [5.41, 5.74) is 4.15. The average Bonchev–Trinajstić information content (AvgIpc) is 2.60. The lowest BCUT2D eigenvalue weighted by Crippen LogP contribution is -2.32. The van der Waals surface area contributed by atoms with Gasteiger partial charge in [0, 0.05) is 17.9 Å². The topological polar surface area (TPSA) is 50.4 Å². The second kappa shape index (κ2) is 8.47. The van der Waals surface area contributed by atoms with Crippen molar-refractivity contribution in [3.63, 3.8) is 0 Å². The molecule has 146 valence electrons. The second-order valence-corrected chi connectivity index (χ2v) is 8.49. The fraction of sp³-hybridized carbons (Fsp3) is 0.435. The summed E-state index contributed by atoms with van der Waals surface area (Å²) in [7, 11) is 0. The molecule has 0 unspecified atom stereocenters. The number of carbonyl (C=O) groups is 1. The van der Waals surface area contributed by atoms with Gasteiger partial charge in [-0.2, -0.15) is 0 Å². The summed E-state index contributed by atoms with van der Waals surface area (Å²) in [6, 6.07) is 16.6. The smallest absolute Gasteiger partial charge is 0.407 e. The van der Waals surface area contributed by atoms with Crippen LogP contribution < -0.4 is 10.6 Å². The number of alkyl carbamates (subject to hydrolysis) is 1. The van der Waals surface area contributed by atoms with Crippen LogP contribution in [0.4, 0.5) is 16.2 Å². The summed E-state index contributed by atoms with van der Waals surface area (Å²) in [4.78, 5) is 11.7. The Hall–Kier alpha value is -2.49. The fourth-order valence-electron chi connectivity index (χ4n) is 2.57. The second-order valence-electron chi connectivity index (χ2n) is 8.49. The molecule has 2 aromatic rings. The monoisotopic (exact) mass is 368 g/mol. The average molecular weight is 369 g/mol. The van der Waals surface area contributed by atoms with Gasteiger partial charge in [-0.3, -0.25) is 0 Å². The molecule has 0 saturated carbocycles. The van der Waals surface area contributed by atoms with Crippen molar-refractivity contribution < 1.29 is 9.53 Å². The highest BCUT2D eigenvalue weighted by molar-refractivity contribution is 5.67. The van der Waals surface area contributed by atoms with Gasteiger partial charge >= 0.3 is 6.09 Å². The van der Waals surface area contributed by atoms with Crippen LogP contribution in [-0.4, -0.2) is 11.7 Å². The van der Waals surface area contributed by atoms with Gasteiger partial charge in [-0.15, -0.1) is 0 Å². The first-order chi connectivity index (χ1) is 12.6. The predicted octanol–water partition coefficient (Wildman–Crippen LogP) is 6.14. The zero-order chi connectivity index (χ0) is 20.1. The number of hydrogen-bond acceptors (Lipinski definition) is 3. The largest absolute Gasteiger partial charge is 0.444 e. The van der Waals surface area contributed by atoms with Crippen LogP contribution in [0.5, 0.6) is 0 Å². The van der Waals surface area contributed by atoms with E-state index in [2.05, 4.69) is 55.7 Å². The van der Waals surface area contributed by atoms with Gasteiger partial charge in [-0.25, -0.2) is 4.79 Å². The van der Waals surface area contributed by atoms with Crippen molar-refractivity contribution in [1.82, 2.24) is 5.32 Å². The zero-order valence-corrected chi connectivity index (χ0v) is 17.3. The Kier molecular flexibility index (Phi) is 6.53. The Morgan fingerprint density at radius 1 is 0.889 bits per heavy atom. The van der Waals surface area contributed by atoms with Crippen LogP contribution >= 0.6 is 0 Å². The first kappa shape index (κ1) is 20.8. The number of nitrogens with one attached hydrogen (secondary N) is 2. The molecule has 0 heterocycles. The first-order valence-electron chi connectivity index (χ1n) is 9.52. The Bertz CT molecular complexity index is 741. The van der Waals surface area contributed by atoms with E-state index in [1.165, 1.54) is 5.56 Å². The first-order valence-corrected chi connectivity index (χ1v) is 9.52. The van der Waals surface area contributed by atoms with Crippen molar-refractivity contribution in [1.29, 1.82) is 0 Å². The highest BCUT2D eigenvalue weighted by Crippen LogP contribution is 2.28. The molecule has 0 aliphatic rings. The molecule has 4 nitrogen and oxygen atoms in total. The molecule has 0 saturated heterocycles. The maximum Gasteiger partial charge on any atom is 0.407 e. The summed E-state index contributed by atoms with van der Waals surface area (Å²) in [5.74, 6) is 0. The number of anilines is 2. The standard InChI is InChI=1S/C23H32N2O2/c1-7-23(5,6)18-10-14-20(15-11-18)25-19-12-8-17(9-13-19)16-24-21(26)27-22(2,3)4/h8-15,25H,7,16H2,1-6H3,(H,24,26). The van der Waals surface area contributed by atoms with Crippen LogP contribution in [0.25, 0.3) is 0 Å². The summed E-state index contributed by atoms with van der Waals surface area (Å²) in [5, 5.41) is 6.18. The molecular weight excluding hydrogens is 336 g/mol. The third kappa shape index (κ3) is 6.63. The van der Waals surface area contributed by atoms with Crippen molar-refractivity contribution in [3.05, 3.63) is 59.7 Å². The molecule has 2 aromatic carbocycles. The summed E-state index contributed by atoms with van der Waals surface area (Å²) < 4.78 is 5.24. The van der Waals surface area contributed by atoms with Gasteiger partial charge in [0.15, 0.2) is 0 Å². The van der Waals surface area contributed by atoms with Gasteiger partial charge < -0.3 is 15.4 Å². The van der Waals surface area contributed by atoms with E-state index in [-0.39, 0.29) is 5.41 Å². The molecule has 0 radical (unpaired) electrons. The number of ether oxygens (including phenoxy) is 1. The van der Waals surface area contributed by atoms with Gasteiger partial charge in [0.05, 0.1) is 0 Å². The number of hydrogen-bond donors (Lipinski definition) is 2. The van der Waals surface area contributed by atoms with Crippen LogP contribution in [-0.2, 0) is 16.7 Å². The lowest BCUT2D eigenvalue weighted by Gasteiger charge is -2.23. The van der Waals surface area contributed by atoms with Crippen molar-refractivity contribution >= 4 is 17.5 Å².